The topological polar surface area (TPSA) is 51.6 Å². The van der Waals surface area contributed by atoms with E-state index < -0.39 is 0 Å². The third-order valence-electron chi connectivity index (χ3n) is 3.26. The van der Waals surface area contributed by atoms with E-state index in [-0.39, 0.29) is 5.82 Å². The van der Waals surface area contributed by atoms with E-state index in [0.29, 0.717) is 11.6 Å². The summed E-state index contributed by atoms with van der Waals surface area (Å²) in [6.07, 6.45) is 9.07. The summed E-state index contributed by atoms with van der Waals surface area (Å²) in [6, 6.07) is 6.09. The standard InChI is InChI=1S/C17H15FN4/c1-2-3-12-8-19-17(20-9-12)14-10-21-16(22-11-14)13-4-6-15(18)7-5-13/h4-11H,2-3H2,1H3. The van der Waals surface area contributed by atoms with E-state index in [2.05, 4.69) is 26.9 Å². The van der Waals surface area contributed by atoms with Gasteiger partial charge in [-0.1, -0.05) is 13.3 Å². The molecule has 3 rings (SSSR count). The maximum absolute atomic E-state index is 12.9. The lowest BCUT2D eigenvalue weighted by Crippen LogP contribution is -1.95. The second kappa shape index (κ2) is 6.39. The molecule has 0 spiro atoms. The summed E-state index contributed by atoms with van der Waals surface area (Å²) in [4.78, 5) is 17.3. The van der Waals surface area contributed by atoms with E-state index >= 15 is 0 Å². The third-order valence-corrected chi connectivity index (χ3v) is 3.26. The Kier molecular flexibility index (Phi) is 4.14. The zero-order valence-electron chi connectivity index (χ0n) is 12.2. The molecule has 0 radical (unpaired) electrons. The van der Waals surface area contributed by atoms with Crippen LogP contribution in [0.25, 0.3) is 22.8 Å². The van der Waals surface area contributed by atoms with Gasteiger partial charge in [-0.3, -0.25) is 0 Å². The van der Waals surface area contributed by atoms with Gasteiger partial charge >= 0.3 is 0 Å². The molecule has 1 aromatic carbocycles. The quantitative estimate of drug-likeness (QED) is 0.736. The van der Waals surface area contributed by atoms with E-state index in [0.717, 1.165) is 29.5 Å². The lowest BCUT2D eigenvalue weighted by atomic mass is 10.2. The van der Waals surface area contributed by atoms with Crippen molar-refractivity contribution >= 4 is 0 Å². The van der Waals surface area contributed by atoms with Gasteiger partial charge < -0.3 is 0 Å². The first-order chi connectivity index (χ1) is 10.8. The van der Waals surface area contributed by atoms with Crippen LogP contribution in [0.1, 0.15) is 18.9 Å². The molecule has 0 aliphatic heterocycles. The molecule has 0 saturated carbocycles. The van der Waals surface area contributed by atoms with Gasteiger partial charge in [0.05, 0.1) is 5.56 Å². The predicted octanol–water partition coefficient (Wildman–Crippen LogP) is 3.69. The molecule has 0 atom stereocenters. The average Bonchev–Trinajstić information content (AvgIpc) is 2.57. The maximum atomic E-state index is 12.9. The van der Waals surface area contributed by atoms with Gasteiger partial charge in [0.15, 0.2) is 11.6 Å². The number of hydrogen-bond donors (Lipinski definition) is 0. The molecule has 0 fully saturated rings. The van der Waals surface area contributed by atoms with E-state index in [9.17, 15) is 4.39 Å². The predicted molar refractivity (Wildman–Crippen MR) is 82.4 cm³/mol. The summed E-state index contributed by atoms with van der Waals surface area (Å²) in [6.45, 7) is 2.12. The SMILES string of the molecule is CCCc1cnc(-c2cnc(-c3ccc(F)cc3)nc2)nc1. The summed E-state index contributed by atoms with van der Waals surface area (Å²) in [5.74, 6) is 0.873. The van der Waals surface area contributed by atoms with Gasteiger partial charge in [-0.05, 0) is 36.2 Å². The first kappa shape index (κ1) is 14.3. The molecule has 3 aromatic rings. The second-order valence-corrected chi connectivity index (χ2v) is 4.97. The van der Waals surface area contributed by atoms with Gasteiger partial charge in [0, 0.05) is 30.4 Å². The zero-order valence-corrected chi connectivity index (χ0v) is 12.2. The molecule has 0 aliphatic rings. The van der Waals surface area contributed by atoms with E-state index in [4.69, 9.17) is 0 Å². The lowest BCUT2D eigenvalue weighted by molar-refractivity contribution is 0.628. The van der Waals surface area contributed by atoms with Crippen molar-refractivity contribution in [3.05, 3.63) is 60.4 Å². The van der Waals surface area contributed by atoms with Crippen LogP contribution in [0.5, 0.6) is 0 Å². The normalized spacial score (nSPS) is 10.6. The van der Waals surface area contributed by atoms with Gasteiger partial charge in [-0.15, -0.1) is 0 Å². The van der Waals surface area contributed by atoms with Gasteiger partial charge in [-0.25, -0.2) is 24.3 Å². The molecule has 2 heterocycles. The smallest absolute Gasteiger partial charge is 0.162 e. The molecule has 0 saturated heterocycles. The van der Waals surface area contributed by atoms with Crippen molar-refractivity contribution in [1.29, 1.82) is 0 Å². The third kappa shape index (κ3) is 3.14. The Labute approximate surface area is 128 Å². The molecule has 0 bridgehead atoms. The van der Waals surface area contributed by atoms with Crippen LogP contribution in [0.3, 0.4) is 0 Å². The first-order valence-corrected chi connectivity index (χ1v) is 7.15. The van der Waals surface area contributed by atoms with Crippen molar-refractivity contribution in [2.75, 3.05) is 0 Å². The highest BCUT2D eigenvalue weighted by atomic mass is 19.1. The van der Waals surface area contributed by atoms with Crippen LogP contribution in [0.15, 0.2) is 49.1 Å². The highest BCUT2D eigenvalue weighted by molar-refractivity contribution is 5.58. The molecule has 5 heteroatoms. The largest absolute Gasteiger partial charge is 0.236 e. The number of nitrogens with zero attached hydrogens (tertiary/aromatic N) is 4. The van der Waals surface area contributed by atoms with Gasteiger partial charge in [0.2, 0.25) is 0 Å². The molecule has 0 N–H and O–H groups in total. The Morgan fingerprint density at radius 3 is 1.91 bits per heavy atom. The number of aryl methyl sites for hydroxylation is 1. The molecule has 0 unspecified atom stereocenters. The van der Waals surface area contributed by atoms with Gasteiger partial charge in [0.1, 0.15) is 5.82 Å². The highest BCUT2D eigenvalue weighted by Gasteiger charge is 2.05. The number of benzene rings is 1. The van der Waals surface area contributed by atoms with Crippen LogP contribution in [0, 0.1) is 5.82 Å². The minimum Gasteiger partial charge on any atom is -0.236 e. The summed E-state index contributed by atoms with van der Waals surface area (Å²) in [5, 5.41) is 0. The van der Waals surface area contributed by atoms with Crippen molar-refractivity contribution in [3.8, 4) is 22.8 Å². The summed E-state index contributed by atoms with van der Waals surface area (Å²) in [5.41, 5.74) is 2.65. The number of rotatable bonds is 4. The van der Waals surface area contributed by atoms with Crippen molar-refractivity contribution in [1.82, 2.24) is 19.9 Å². The Morgan fingerprint density at radius 1 is 0.773 bits per heavy atom. The van der Waals surface area contributed by atoms with E-state index in [1.54, 1.807) is 24.5 Å². The Bertz CT molecular complexity index is 737. The van der Waals surface area contributed by atoms with E-state index in [1.807, 2.05) is 12.4 Å². The zero-order chi connectivity index (χ0) is 15.4. The summed E-state index contributed by atoms with van der Waals surface area (Å²) >= 11 is 0. The van der Waals surface area contributed by atoms with Crippen LogP contribution < -0.4 is 0 Å². The fraction of sp³-hybridized carbons (Fsp3) is 0.176. The molecule has 4 nitrogen and oxygen atoms in total. The Balaban J connectivity index is 1.83. The second-order valence-electron chi connectivity index (χ2n) is 4.97. The van der Waals surface area contributed by atoms with Crippen molar-refractivity contribution in [2.24, 2.45) is 0 Å². The van der Waals surface area contributed by atoms with Crippen molar-refractivity contribution in [2.45, 2.75) is 19.8 Å². The number of hydrogen-bond acceptors (Lipinski definition) is 4. The average molecular weight is 294 g/mol. The minimum atomic E-state index is -0.277. The van der Waals surface area contributed by atoms with Crippen LogP contribution in [-0.4, -0.2) is 19.9 Å². The van der Waals surface area contributed by atoms with Gasteiger partial charge in [0.25, 0.3) is 0 Å². The maximum Gasteiger partial charge on any atom is 0.162 e. The molecule has 22 heavy (non-hydrogen) atoms. The summed E-state index contributed by atoms with van der Waals surface area (Å²) in [7, 11) is 0. The molecular weight excluding hydrogens is 279 g/mol. The molecular formula is C17H15FN4. The van der Waals surface area contributed by atoms with Crippen molar-refractivity contribution in [3.63, 3.8) is 0 Å². The number of aromatic nitrogens is 4. The monoisotopic (exact) mass is 294 g/mol. The van der Waals surface area contributed by atoms with Crippen LogP contribution in [0.4, 0.5) is 4.39 Å². The molecule has 0 amide bonds. The van der Waals surface area contributed by atoms with Crippen LogP contribution in [0.2, 0.25) is 0 Å². The molecule has 110 valence electrons. The highest BCUT2D eigenvalue weighted by Crippen LogP contribution is 2.18. The Hall–Kier alpha value is -2.69. The first-order valence-electron chi connectivity index (χ1n) is 7.15. The summed E-state index contributed by atoms with van der Waals surface area (Å²) < 4.78 is 12.9. The molecule has 0 aliphatic carbocycles. The van der Waals surface area contributed by atoms with Crippen molar-refractivity contribution < 1.29 is 4.39 Å². The lowest BCUT2D eigenvalue weighted by Gasteiger charge is -2.03. The van der Waals surface area contributed by atoms with E-state index in [1.165, 1.54) is 12.1 Å². The Morgan fingerprint density at radius 2 is 1.32 bits per heavy atom. The fourth-order valence-electron chi connectivity index (χ4n) is 2.11. The van der Waals surface area contributed by atoms with Gasteiger partial charge in [-0.2, -0.15) is 0 Å². The molecule has 2 aromatic heterocycles. The van der Waals surface area contributed by atoms with Crippen LogP contribution >= 0.6 is 0 Å². The number of halogens is 1. The van der Waals surface area contributed by atoms with Crippen LogP contribution in [-0.2, 0) is 6.42 Å². The minimum absolute atomic E-state index is 0.277. The fourth-order valence-corrected chi connectivity index (χ4v) is 2.11.